The number of aryl methyl sites for hydroxylation is 1. The molecule has 0 bridgehead atoms. The second-order valence-corrected chi connectivity index (χ2v) is 5.75. The molecule has 3 nitrogen and oxygen atoms in total. The number of nitrogens with one attached hydrogen (secondary N) is 1. The van der Waals surface area contributed by atoms with Gasteiger partial charge in [-0.05, 0) is 78.3 Å². The lowest BCUT2D eigenvalue weighted by Crippen LogP contribution is -2.31. The number of benzene rings is 1. The smallest absolute Gasteiger partial charge is 0.174 e. The fraction of sp³-hybridized carbons (Fsp3) is 0.571. The van der Waals surface area contributed by atoms with Gasteiger partial charge in [0, 0.05) is 0 Å². The van der Waals surface area contributed by atoms with Crippen molar-refractivity contribution in [1.82, 2.24) is 5.32 Å². The van der Waals surface area contributed by atoms with Gasteiger partial charge in [-0.3, -0.25) is 0 Å². The Morgan fingerprint density at radius 2 is 2.33 bits per heavy atom. The highest BCUT2D eigenvalue weighted by molar-refractivity contribution is 9.10. The minimum Gasteiger partial charge on any atom is -0.504 e. The maximum absolute atomic E-state index is 9.84. The second kappa shape index (κ2) is 5.93. The Labute approximate surface area is 117 Å². The van der Waals surface area contributed by atoms with Crippen LogP contribution in [0.5, 0.6) is 11.5 Å². The van der Waals surface area contributed by atoms with Gasteiger partial charge in [-0.25, -0.2) is 0 Å². The molecule has 1 aromatic carbocycles. The summed E-state index contributed by atoms with van der Waals surface area (Å²) in [7, 11) is 1.58. The molecule has 0 radical (unpaired) electrons. The van der Waals surface area contributed by atoms with Crippen molar-refractivity contribution in [1.29, 1.82) is 0 Å². The van der Waals surface area contributed by atoms with Gasteiger partial charge in [-0.2, -0.15) is 0 Å². The van der Waals surface area contributed by atoms with Gasteiger partial charge in [-0.15, -0.1) is 0 Å². The molecule has 1 unspecified atom stereocenters. The second-order valence-electron chi connectivity index (χ2n) is 4.95. The molecule has 2 N–H and O–H groups in total. The average Bonchev–Trinajstić information content (AvgIpc) is 2.36. The van der Waals surface area contributed by atoms with Crippen molar-refractivity contribution in [3.63, 3.8) is 0 Å². The first kappa shape index (κ1) is 13.7. The molecule has 0 aromatic heterocycles. The van der Waals surface area contributed by atoms with E-state index >= 15 is 0 Å². The van der Waals surface area contributed by atoms with Gasteiger partial charge >= 0.3 is 0 Å². The summed E-state index contributed by atoms with van der Waals surface area (Å²) in [5, 5.41) is 13.3. The summed E-state index contributed by atoms with van der Waals surface area (Å²) in [5.41, 5.74) is 2.36. The predicted octanol–water partition coefficient (Wildman–Crippen LogP) is 3.01. The predicted molar refractivity (Wildman–Crippen MR) is 76.4 cm³/mol. The van der Waals surface area contributed by atoms with Crippen LogP contribution in [0.2, 0.25) is 0 Å². The first-order valence-electron chi connectivity index (χ1n) is 6.39. The molecule has 1 heterocycles. The Morgan fingerprint density at radius 1 is 1.56 bits per heavy atom. The van der Waals surface area contributed by atoms with E-state index in [-0.39, 0.29) is 5.75 Å². The molecule has 0 aliphatic carbocycles. The third kappa shape index (κ3) is 2.81. The normalized spacial score (nSPS) is 19.8. The van der Waals surface area contributed by atoms with Crippen molar-refractivity contribution in [3.05, 3.63) is 21.7 Å². The molecule has 0 saturated carbocycles. The SMILES string of the molecule is COc1c(O)cc(C)c(CC2CCCNC2)c1Br. The number of hydrogen-bond donors (Lipinski definition) is 2. The number of ether oxygens (including phenoxy) is 1. The summed E-state index contributed by atoms with van der Waals surface area (Å²) in [6.07, 6.45) is 3.54. The minimum atomic E-state index is 0.201. The van der Waals surface area contributed by atoms with Crippen LogP contribution in [0.4, 0.5) is 0 Å². The number of halogens is 1. The van der Waals surface area contributed by atoms with Crippen LogP contribution in [-0.4, -0.2) is 25.3 Å². The monoisotopic (exact) mass is 313 g/mol. The number of aromatic hydroxyl groups is 1. The van der Waals surface area contributed by atoms with Gasteiger partial charge in [0.2, 0.25) is 0 Å². The Bertz CT molecular complexity index is 428. The Kier molecular flexibility index (Phi) is 4.51. The van der Waals surface area contributed by atoms with E-state index in [9.17, 15) is 5.11 Å². The number of piperidine rings is 1. The first-order chi connectivity index (χ1) is 8.63. The molecular formula is C14H20BrNO2. The van der Waals surface area contributed by atoms with Gasteiger partial charge in [0.15, 0.2) is 11.5 Å². The molecule has 100 valence electrons. The summed E-state index contributed by atoms with van der Waals surface area (Å²) in [5.74, 6) is 1.41. The number of hydrogen-bond acceptors (Lipinski definition) is 3. The van der Waals surface area contributed by atoms with Crippen LogP contribution in [0.1, 0.15) is 24.0 Å². The zero-order valence-electron chi connectivity index (χ0n) is 10.9. The molecule has 2 rings (SSSR count). The zero-order valence-corrected chi connectivity index (χ0v) is 12.5. The highest BCUT2D eigenvalue weighted by Gasteiger charge is 2.19. The maximum atomic E-state index is 9.84. The van der Waals surface area contributed by atoms with Crippen molar-refractivity contribution in [2.75, 3.05) is 20.2 Å². The molecule has 1 aromatic rings. The molecule has 1 saturated heterocycles. The maximum Gasteiger partial charge on any atom is 0.174 e. The fourth-order valence-corrected chi connectivity index (χ4v) is 3.45. The largest absolute Gasteiger partial charge is 0.504 e. The Morgan fingerprint density at radius 3 is 2.94 bits per heavy atom. The van der Waals surface area contributed by atoms with E-state index in [4.69, 9.17) is 4.74 Å². The quantitative estimate of drug-likeness (QED) is 0.901. The van der Waals surface area contributed by atoms with Crippen molar-refractivity contribution >= 4 is 15.9 Å². The number of phenols is 1. The highest BCUT2D eigenvalue weighted by atomic mass is 79.9. The van der Waals surface area contributed by atoms with Gasteiger partial charge < -0.3 is 15.2 Å². The molecule has 1 aliphatic heterocycles. The van der Waals surface area contributed by atoms with E-state index in [2.05, 4.69) is 21.2 Å². The van der Waals surface area contributed by atoms with E-state index in [1.165, 1.54) is 18.4 Å². The van der Waals surface area contributed by atoms with E-state index in [1.807, 2.05) is 6.92 Å². The molecule has 0 amide bonds. The van der Waals surface area contributed by atoms with Crippen molar-refractivity contribution in [2.45, 2.75) is 26.2 Å². The highest BCUT2D eigenvalue weighted by Crippen LogP contribution is 2.40. The third-order valence-corrected chi connectivity index (χ3v) is 4.46. The van der Waals surface area contributed by atoms with Crippen LogP contribution >= 0.6 is 15.9 Å². The van der Waals surface area contributed by atoms with Crippen LogP contribution in [0.3, 0.4) is 0 Å². The lowest BCUT2D eigenvalue weighted by Gasteiger charge is -2.24. The Balaban J connectivity index is 2.26. The lowest BCUT2D eigenvalue weighted by molar-refractivity contribution is 0.363. The van der Waals surface area contributed by atoms with E-state index in [0.29, 0.717) is 11.7 Å². The fourth-order valence-electron chi connectivity index (χ4n) is 2.61. The molecule has 18 heavy (non-hydrogen) atoms. The van der Waals surface area contributed by atoms with Crippen molar-refractivity contribution in [3.8, 4) is 11.5 Å². The first-order valence-corrected chi connectivity index (χ1v) is 7.18. The number of phenolic OH excluding ortho intramolecular Hbond substituents is 1. The van der Waals surface area contributed by atoms with Crippen LogP contribution in [-0.2, 0) is 6.42 Å². The van der Waals surface area contributed by atoms with Gasteiger partial charge in [-0.1, -0.05) is 0 Å². The van der Waals surface area contributed by atoms with Crippen LogP contribution in [0, 0.1) is 12.8 Å². The molecule has 1 aliphatic rings. The summed E-state index contributed by atoms with van der Waals surface area (Å²) in [6, 6.07) is 1.79. The third-order valence-electron chi connectivity index (χ3n) is 3.62. The molecule has 4 heteroatoms. The van der Waals surface area contributed by atoms with E-state index in [0.717, 1.165) is 29.5 Å². The van der Waals surface area contributed by atoms with Crippen molar-refractivity contribution < 1.29 is 9.84 Å². The van der Waals surface area contributed by atoms with E-state index < -0.39 is 0 Å². The molecule has 1 fully saturated rings. The lowest BCUT2D eigenvalue weighted by atomic mass is 9.90. The molecule has 1 atom stereocenters. The summed E-state index contributed by atoms with van der Waals surface area (Å²) >= 11 is 3.56. The summed E-state index contributed by atoms with van der Waals surface area (Å²) in [4.78, 5) is 0. The molecule has 0 spiro atoms. The standard InChI is InChI=1S/C14H20BrNO2/c1-9-6-12(17)14(18-2)13(15)11(9)7-10-4-3-5-16-8-10/h6,10,16-17H,3-5,7-8H2,1-2H3. The average molecular weight is 314 g/mol. The molecular weight excluding hydrogens is 294 g/mol. The Hall–Kier alpha value is -0.740. The summed E-state index contributed by atoms with van der Waals surface area (Å²) < 4.78 is 6.14. The van der Waals surface area contributed by atoms with Gasteiger partial charge in [0.05, 0.1) is 11.6 Å². The number of rotatable bonds is 3. The van der Waals surface area contributed by atoms with Crippen LogP contribution in [0.15, 0.2) is 10.5 Å². The van der Waals surface area contributed by atoms with Gasteiger partial charge in [0.25, 0.3) is 0 Å². The summed E-state index contributed by atoms with van der Waals surface area (Å²) in [6.45, 7) is 4.25. The van der Waals surface area contributed by atoms with Crippen molar-refractivity contribution in [2.24, 2.45) is 5.92 Å². The van der Waals surface area contributed by atoms with Gasteiger partial charge in [0.1, 0.15) is 0 Å². The van der Waals surface area contributed by atoms with Crippen LogP contribution < -0.4 is 10.1 Å². The van der Waals surface area contributed by atoms with E-state index in [1.54, 1.807) is 13.2 Å². The number of methoxy groups -OCH3 is 1. The zero-order chi connectivity index (χ0) is 13.1. The minimum absolute atomic E-state index is 0.201. The topological polar surface area (TPSA) is 41.5 Å². The van der Waals surface area contributed by atoms with Crippen LogP contribution in [0.25, 0.3) is 0 Å².